The maximum atomic E-state index is 3.65. The number of halogens is 1. The van der Waals surface area contributed by atoms with Crippen LogP contribution in [0.4, 0.5) is 11.4 Å². The highest BCUT2D eigenvalue weighted by atomic mass is 79.9. The third-order valence-corrected chi connectivity index (χ3v) is 4.83. The van der Waals surface area contributed by atoms with E-state index >= 15 is 0 Å². The van der Waals surface area contributed by atoms with Gasteiger partial charge in [0.25, 0.3) is 0 Å². The molecule has 0 saturated carbocycles. The van der Waals surface area contributed by atoms with Gasteiger partial charge >= 0.3 is 0 Å². The molecule has 0 spiro atoms. The second-order valence-electron chi connectivity index (χ2n) is 8.32. The summed E-state index contributed by atoms with van der Waals surface area (Å²) < 4.78 is 1.08. The van der Waals surface area contributed by atoms with Crippen LogP contribution in [0.3, 0.4) is 0 Å². The van der Waals surface area contributed by atoms with E-state index in [1.807, 2.05) is 6.07 Å². The molecule has 1 N–H and O–H groups in total. The minimum Gasteiger partial charge on any atom is -0.354 e. The molecular formula is C21H28BrN. The number of rotatable bonds is 2. The summed E-state index contributed by atoms with van der Waals surface area (Å²) in [6.45, 7) is 15.8. The Hall–Kier alpha value is -1.28. The molecule has 0 radical (unpaired) electrons. The van der Waals surface area contributed by atoms with Crippen molar-refractivity contribution in [3.63, 3.8) is 0 Å². The van der Waals surface area contributed by atoms with Gasteiger partial charge in [0.1, 0.15) is 0 Å². The van der Waals surface area contributed by atoms with Crippen molar-refractivity contribution in [2.45, 2.75) is 59.3 Å². The molecule has 0 fully saturated rings. The molecule has 0 unspecified atom stereocenters. The first kappa shape index (κ1) is 18.1. The van der Waals surface area contributed by atoms with E-state index in [1.165, 1.54) is 22.4 Å². The summed E-state index contributed by atoms with van der Waals surface area (Å²) in [5.41, 5.74) is 6.59. The van der Waals surface area contributed by atoms with Gasteiger partial charge in [0.15, 0.2) is 0 Å². The standard InChI is InChI=1S/C21H28BrN/c1-14-12-15(20(2,3)4)13-16(21(5,6)7)19(14)23-18-11-9-8-10-17(18)22/h8-13,23H,1-7H3. The smallest absolute Gasteiger partial charge is 0.0528 e. The lowest BCUT2D eigenvalue weighted by atomic mass is 9.78. The van der Waals surface area contributed by atoms with Gasteiger partial charge in [-0.1, -0.05) is 65.8 Å². The third-order valence-electron chi connectivity index (χ3n) is 4.14. The Morgan fingerprint density at radius 2 is 1.48 bits per heavy atom. The van der Waals surface area contributed by atoms with Gasteiger partial charge in [0, 0.05) is 10.2 Å². The monoisotopic (exact) mass is 373 g/mol. The minimum absolute atomic E-state index is 0.0790. The lowest BCUT2D eigenvalue weighted by molar-refractivity contribution is 0.569. The molecule has 1 nitrogen and oxygen atoms in total. The van der Waals surface area contributed by atoms with Crippen LogP contribution in [0.5, 0.6) is 0 Å². The van der Waals surface area contributed by atoms with Gasteiger partial charge < -0.3 is 5.32 Å². The number of hydrogen-bond acceptors (Lipinski definition) is 1. The summed E-state index contributed by atoms with van der Waals surface area (Å²) in [6.07, 6.45) is 0. The average molecular weight is 374 g/mol. The number of hydrogen-bond donors (Lipinski definition) is 1. The summed E-state index contributed by atoms with van der Waals surface area (Å²) in [7, 11) is 0. The Morgan fingerprint density at radius 3 is 2.00 bits per heavy atom. The molecule has 2 heteroatoms. The van der Waals surface area contributed by atoms with Crippen LogP contribution in [-0.2, 0) is 10.8 Å². The van der Waals surface area contributed by atoms with E-state index in [-0.39, 0.29) is 10.8 Å². The first-order valence-electron chi connectivity index (χ1n) is 8.17. The van der Waals surface area contributed by atoms with E-state index in [4.69, 9.17) is 0 Å². The predicted molar refractivity (Wildman–Crippen MR) is 106 cm³/mol. The molecule has 23 heavy (non-hydrogen) atoms. The second kappa shape index (κ2) is 6.32. The number of anilines is 2. The van der Waals surface area contributed by atoms with Crippen LogP contribution in [0.1, 0.15) is 58.2 Å². The van der Waals surface area contributed by atoms with E-state index in [0.29, 0.717) is 0 Å². The molecule has 0 bridgehead atoms. The number of benzene rings is 2. The van der Waals surface area contributed by atoms with Crippen molar-refractivity contribution in [3.8, 4) is 0 Å². The van der Waals surface area contributed by atoms with Crippen LogP contribution in [-0.4, -0.2) is 0 Å². The summed E-state index contributed by atoms with van der Waals surface area (Å²) in [5, 5.41) is 3.65. The van der Waals surface area contributed by atoms with Crippen molar-refractivity contribution >= 4 is 27.3 Å². The lowest BCUT2D eigenvalue weighted by Gasteiger charge is -2.29. The van der Waals surface area contributed by atoms with Crippen LogP contribution in [0, 0.1) is 6.92 Å². The lowest BCUT2D eigenvalue weighted by Crippen LogP contribution is -2.19. The first-order valence-corrected chi connectivity index (χ1v) is 8.96. The fraction of sp³-hybridized carbons (Fsp3) is 0.429. The third kappa shape index (κ3) is 4.17. The zero-order valence-electron chi connectivity index (χ0n) is 15.3. The molecular weight excluding hydrogens is 346 g/mol. The molecule has 0 heterocycles. The quantitative estimate of drug-likeness (QED) is 0.591. The summed E-state index contributed by atoms with van der Waals surface area (Å²) in [4.78, 5) is 0. The maximum absolute atomic E-state index is 3.65. The SMILES string of the molecule is Cc1cc(C(C)(C)C)cc(C(C)(C)C)c1Nc1ccccc1Br. The van der Waals surface area contributed by atoms with Gasteiger partial charge in [0.2, 0.25) is 0 Å². The van der Waals surface area contributed by atoms with Crippen molar-refractivity contribution in [1.82, 2.24) is 0 Å². The van der Waals surface area contributed by atoms with Gasteiger partial charge in [-0.25, -0.2) is 0 Å². The van der Waals surface area contributed by atoms with Crippen molar-refractivity contribution in [2.75, 3.05) is 5.32 Å². The van der Waals surface area contributed by atoms with Crippen LogP contribution in [0.25, 0.3) is 0 Å². The average Bonchev–Trinajstić information content (AvgIpc) is 2.40. The molecule has 2 aromatic carbocycles. The molecule has 0 atom stereocenters. The molecule has 0 aliphatic rings. The van der Waals surface area contributed by atoms with Crippen LogP contribution < -0.4 is 5.32 Å². The van der Waals surface area contributed by atoms with Crippen molar-refractivity contribution in [2.24, 2.45) is 0 Å². The maximum Gasteiger partial charge on any atom is 0.0528 e. The molecule has 2 aromatic rings. The van der Waals surface area contributed by atoms with E-state index in [1.54, 1.807) is 0 Å². The van der Waals surface area contributed by atoms with Crippen molar-refractivity contribution < 1.29 is 0 Å². The first-order chi connectivity index (χ1) is 10.5. The fourth-order valence-corrected chi connectivity index (χ4v) is 3.06. The van der Waals surface area contributed by atoms with Gasteiger partial charge in [-0.3, -0.25) is 0 Å². The Morgan fingerprint density at radius 1 is 0.870 bits per heavy atom. The van der Waals surface area contributed by atoms with Gasteiger partial charge in [-0.2, -0.15) is 0 Å². The van der Waals surface area contributed by atoms with Crippen LogP contribution >= 0.6 is 15.9 Å². The minimum atomic E-state index is 0.0790. The Labute approximate surface area is 149 Å². The second-order valence-corrected chi connectivity index (χ2v) is 9.17. The van der Waals surface area contributed by atoms with Crippen LogP contribution in [0.2, 0.25) is 0 Å². The van der Waals surface area contributed by atoms with E-state index < -0.39 is 0 Å². The van der Waals surface area contributed by atoms with Gasteiger partial charge in [-0.05, 0) is 62.5 Å². The summed E-state index contributed by atoms with van der Waals surface area (Å²) in [5.74, 6) is 0. The molecule has 0 aromatic heterocycles. The zero-order valence-corrected chi connectivity index (χ0v) is 16.9. The van der Waals surface area contributed by atoms with Crippen LogP contribution in [0.15, 0.2) is 40.9 Å². The molecule has 0 saturated heterocycles. The number of para-hydroxylation sites is 1. The zero-order chi connectivity index (χ0) is 17.4. The van der Waals surface area contributed by atoms with E-state index in [0.717, 1.165) is 10.2 Å². The van der Waals surface area contributed by atoms with Crippen molar-refractivity contribution in [3.05, 3.63) is 57.6 Å². The largest absolute Gasteiger partial charge is 0.354 e. The Bertz CT molecular complexity index is 703. The normalized spacial score (nSPS) is 12.3. The summed E-state index contributed by atoms with van der Waals surface area (Å²) >= 11 is 3.64. The Kier molecular flexibility index (Phi) is 4.96. The van der Waals surface area contributed by atoms with Crippen molar-refractivity contribution in [1.29, 1.82) is 0 Å². The molecule has 0 aliphatic heterocycles. The Balaban J connectivity index is 2.61. The highest BCUT2D eigenvalue weighted by molar-refractivity contribution is 9.10. The molecule has 0 amide bonds. The highest BCUT2D eigenvalue weighted by Crippen LogP contribution is 2.39. The predicted octanol–water partition coefficient (Wildman–Crippen LogP) is 7.10. The van der Waals surface area contributed by atoms with E-state index in [2.05, 4.69) is 100 Å². The molecule has 0 aliphatic carbocycles. The molecule has 124 valence electrons. The van der Waals surface area contributed by atoms with Gasteiger partial charge in [0.05, 0.1) is 5.69 Å². The summed E-state index contributed by atoms with van der Waals surface area (Å²) in [6, 6.07) is 12.9. The van der Waals surface area contributed by atoms with Gasteiger partial charge in [-0.15, -0.1) is 0 Å². The molecule has 2 rings (SSSR count). The topological polar surface area (TPSA) is 12.0 Å². The highest BCUT2D eigenvalue weighted by Gasteiger charge is 2.24. The fourth-order valence-electron chi connectivity index (χ4n) is 2.67. The van der Waals surface area contributed by atoms with E-state index in [9.17, 15) is 0 Å². The number of aryl methyl sites for hydroxylation is 1. The number of nitrogens with one attached hydrogen (secondary N) is 1.